The van der Waals surface area contributed by atoms with Crippen LogP contribution >= 0.6 is 0 Å². The van der Waals surface area contributed by atoms with Crippen LogP contribution < -0.4 is 5.73 Å². The van der Waals surface area contributed by atoms with E-state index in [1.807, 2.05) is 13.8 Å². The summed E-state index contributed by atoms with van der Waals surface area (Å²) in [7, 11) is 0. The molecule has 0 aliphatic carbocycles. The minimum absolute atomic E-state index is 0.0793. The molecule has 1 rings (SSSR count). The van der Waals surface area contributed by atoms with E-state index in [1.165, 1.54) is 0 Å². The number of aryl methyl sites for hydroxylation is 1. The fraction of sp³-hybridized carbons (Fsp3) is 0.500. The molecule has 0 saturated heterocycles. The largest absolute Gasteiger partial charge is 0.324 e. The topological polar surface area (TPSA) is 51.8 Å². The van der Waals surface area contributed by atoms with Crippen LogP contribution in [0.2, 0.25) is 0 Å². The first-order valence-corrected chi connectivity index (χ1v) is 3.78. The maximum absolute atomic E-state index is 5.76. The van der Waals surface area contributed by atoms with Gasteiger partial charge in [-0.2, -0.15) is 0 Å². The molecule has 1 atom stereocenters. The minimum atomic E-state index is 0.0793. The summed E-state index contributed by atoms with van der Waals surface area (Å²) in [4.78, 5) is 8.11. The molecule has 1 heterocycles. The van der Waals surface area contributed by atoms with Gasteiger partial charge < -0.3 is 5.73 Å². The Balaban J connectivity index is 2.81. The van der Waals surface area contributed by atoms with Gasteiger partial charge in [-0.15, -0.1) is 0 Å². The molecule has 0 saturated carbocycles. The van der Waals surface area contributed by atoms with E-state index in [1.54, 1.807) is 12.4 Å². The number of nitrogens with zero attached hydrogens (tertiary/aromatic N) is 2. The summed E-state index contributed by atoms with van der Waals surface area (Å²) in [5, 5.41) is 0. The molecule has 1 aromatic rings. The molecular formula is C8H13N3. The summed E-state index contributed by atoms with van der Waals surface area (Å²) < 4.78 is 0. The van der Waals surface area contributed by atoms with Crippen LogP contribution in [-0.4, -0.2) is 9.97 Å². The summed E-state index contributed by atoms with van der Waals surface area (Å²) in [5.41, 5.74) is 6.78. The molecule has 1 aromatic heterocycles. The van der Waals surface area contributed by atoms with Crippen molar-refractivity contribution in [2.45, 2.75) is 26.3 Å². The average molecular weight is 151 g/mol. The maximum atomic E-state index is 5.76. The van der Waals surface area contributed by atoms with Crippen LogP contribution in [0.1, 0.15) is 30.8 Å². The van der Waals surface area contributed by atoms with Crippen LogP contribution in [-0.2, 0) is 0 Å². The maximum Gasteiger partial charge on any atom is 0.125 e. The Labute approximate surface area is 66.7 Å². The highest BCUT2D eigenvalue weighted by Gasteiger charge is 2.02. The van der Waals surface area contributed by atoms with Crippen LogP contribution in [0, 0.1) is 6.92 Å². The molecule has 60 valence electrons. The monoisotopic (exact) mass is 151 g/mol. The van der Waals surface area contributed by atoms with Crippen LogP contribution in [0.15, 0.2) is 12.4 Å². The fourth-order valence-electron chi connectivity index (χ4n) is 0.830. The summed E-state index contributed by atoms with van der Waals surface area (Å²) in [5.74, 6) is 0.789. The Morgan fingerprint density at radius 1 is 1.45 bits per heavy atom. The van der Waals surface area contributed by atoms with Gasteiger partial charge in [0.1, 0.15) is 5.82 Å². The van der Waals surface area contributed by atoms with Gasteiger partial charge in [0.05, 0.1) is 0 Å². The number of rotatable bonds is 2. The first-order chi connectivity index (χ1) is 5.24. The van der Waals surface area contributed by atoms with Gasteiger partial charge in [-0.1, -0.05) is 6.92 Å². The Kier molecular flexibility index (Phi) is 2.54. The van der Waals surface area contributed by atoms with Crippen molar-refractivity contribution in [2.24, 2.45) is 5.73 Å². The fourth-order valence-corrected chi connectivity index (χ4v) is 0.830. The van der Waals surface area contributed by atoms with E-state index in [9.17, 15) is 0 Å². The zero-order chi connectivity index (χ0) is 8.27. The van der Waals surface area contributed by atoms with Crippen molar-refractivity contribution in [3.63, 3.8) is 0 Å². The molecule has 0 spiro atoms. The summed E-state index contributed by atoms with van der Waals surface area (Å²) in [6.07, 6.45) is 4.50. The molecule has 1 unspecified atom stereocenters. The Bertz CT molecular complexity index is 217. The van der Waals surface area contributed by atoms with E-state index < -0.39 is 0 Å². The highest BCUT2D eigenvalue weighted by molar-refractivity contribution is 5.09. The Morgan fingerprint density at radius 2 is 2.00 bits per heavy atom. The van der Waals surface area contributed by atoms with Gasteiger partial charge in [-0.05, 0) is 13.3 Å². The molecule has 0 radical (unpaired) electrons. The van der Waals surface area contributed by atoms with Crippen molar-refractivity contribution < 1.29 is 0 Å². The molecule has 0 aromatic carbocycles. The second-order valence-electron chi connectivity index (χ2n) is 2.58. The zero-order valence-corrected chi connectivity index (χ0v) is 6.91. The predicted molar refractivity (Wildman–Crippen MR) is 44.0 cm³/mol. The third kappa shape index (κ3) is 1.98. The van der Waals surface area contributed by atoms with Gasteiger partial charge in [0.2, 0.25) is 0 Å². The number of hydrogen-bond acceptors (Lipinski definition) is 3. The molecule has 0 bridgehead atoms. The lowest BCUT2D eigenvalue weighted by molar-refractivity contribution is 0.689. The van der Waals surface area contributed by atoms with E-state index in [2.05, 4.69) is 9.97 Å². The highest BCUT2D eigenvalue weighted by atomic mass is 14.9. The third-order valence-electron chi connectivity index (χ3n) is 1.67. The average Bonchev–Trinajstić information content (AvgIpc) is 2.05. The summed E-state index contributed by atoms with van der Waals surface area (Å²) in [6.45, 7) is 3.91. The number of hydrogen-bond donors (Lipinski definition) is 1. The Hall–Kier alpha value is -0.960. The molecule has 0 amide bonds. The second-order valence-corrected chi connectivity index (χ2v) is 2.58. The minimum Gasteiger partial charge on any atom is -0.324 e. The number of aromatic nitrogens is 2. The molecule has 0 aliphatic rings. The molecular weight excluding hydrogens is 138 g/mol. The lowest BCUT2D eigenvalue weighted by Crippen LogP contribution is -2.09. The van der Waals surface area contributed by atoms with Gasteiger partial charge in [0.25, 0.3) is 0 Å². The van der Waals surface area contributed by atoms with Gasteiger partial charge in [-0.3, -0.25) is 0 Å². The van der Waals surface area contributed by atoms with Crippen LogP contribution in [0.5, 0.6) is 0 Å². The van der Waals surface area contributed by atoms with Crippen molar-refractivity contribution in [1.29, 1.82) is 0 Å². The molecule has 11 heavy (non-hydrogen) atoms. The van der Waals surface area contributed by atoms with Crippen molar-refractivity contribution >= 4 is 0 Å². The molecule has 3 heteroatoms. The van der Waals surface area contributed by atoms with Crippen LogP contribution in [0.25, 0.3) is 0 Å². The predicted octanol–water partition coefficient (Wildman–Crippen LogP) is 1.19. The van der Waals surface area contributed by atoms with Gasteiger partial charge in [0.15, 0.2) is 0 Å². The van der Waals surface area contributed by atoms with Crippen molar-refractivity contribution in [3.05, 3.63) is 23.8 Å². The van der Waals surface area contributed by atoms with E-state index in [-0.39, 0.29) is 6.04 Å². The van der Waals surface area contributed by atoms with Crippen LogP contribution in [0.4, 0.5) is 0 Å². The van der Waals surface area contributed by atoms with Crippen molar-refractivity contribution in [2.75, 3.05) is 0 Å². The molecule has 0 aliphatic heterocycles. The van der Waals surface area contributed by atoms with E-state index in [0.29, 0.717) is 0 Å². The molecule has 2 N–H and O–H groups in total. The Morgan fingerprint density at radius 3 is 2.45 bits per heavy atom. The molecule has 0 fully saturated rings. The van der Waals surface area contributed by atoms with Crippen LogP contribution in [0.3, 0.4) is 0 Å². The quantitative estimate of drug-likeness (QED) is 0.690. The summed E-state index contributed by atoms with van der Waals surface area (Å²) in [6, 6.07) is 0.0793. The van der Waals surface area contributed by atoms with Crippen molar-refractivity contribution in [1.82, 2.24) is 9.97 Å². The first-order valence-electron chi connectivity index (χ1n) is 3.78. The van der Waals surface area contributed by atoms with E-state index >= 15 is 0 Å². The lowest BCUT2D eigenvalue weighted by atomic mass is 10.1. The standard InChI is InChI=1S/C8H13N3/c1-3-8(9)7-4-10-6(2)11-5-7/h4-5,8H,3,9H2,1-2H3. The zero-order valence-electron chi connectivity index (χ0n) is 6.91. The highest BCUT2D eigenvalue weighted by Crippen LogP contribution is 2.09. The number of nitrogens with two attached hydrogens (primary N) is 1. The first kappa shape index (κ1) is 8.14. The normalized spacial score (nSPS) is 13.0. The third-order valence-corrected chi connectivity index (χ3v) is 1.67. The SMILES string of the molecule is CCC(N)c1cnc(C)nc1. The molecule has 3 nitrogen and oxygen atoms in total. The van der Waals surface area contributed by atoms with Gasteiger partial charge in [0, 0.05) is 24.0 Å². The van der Waals surface area contributed by atoms with Crippen molar-refractivity contribution in [3.8, 4) is 0 Å². The summed E-state index contributed by atoms with van der Waals surface area (Å²) >= 11 is 0. The van der Waals surface area contributed by atoms with E-state index in [4.69, 9.17) is 5.73 Å². The smallest absolute Gasteiger partial charge is 0.125 e. The van der Waals surface area contributed by atoms with E-state index in [0.717, 1.165) is 17.8 Å². The second kappa shape index (κ2) is 3.44. The van der Waals surface area contributed by atoms with Gasteiger partial charge in [-0.25, -0.2) is 9.97 Å². The van der Waals surface area contributed by atoms with Gasteiger partial charge >= 0.3 is 0 Å². The lowest BCUT2D eigenvalue weighted by Gasteiger charge is -2.06.